The van der Waals surface area contributed by atoms with Gasteiger partial charge in [0, 0.05) is 0 Å². The number of ether oxygens (including phenoxy) is 1. The number of carbonyl (C=O) groups excluding carboxylic acids is 1. The van der Waals surface area contributed by atoms with Gasteiger partial charge in [-0.15, -0.1) is 0 Å². The van der Waals surface area contributed by atoms with Gasteiger partial charge in [0.2, 0.25) is 0 Å². The maximum absolute atomic E-state index is 13.5. The van der Waals surface area contributed by atoms with Crippen molar-refractivity contribution in [3.63, 3.8) is 0 Å². The van der Waals surface area contributed by atoms with Crippen molar-refractivity contribution in [2.45, 2.75) is 39.2 Å². The minimum atomic E-state index is -0.829. The summed E-state index contributed by atoms with van der Waals surface area (Å²) in [6, 6.07) is 3.41. The second-order valence-electron chi connectivity index (χ2n) is 5.72. The summed E-state index contributed by atoms with van der Waals surface area (Å²) in [5.74, 6) is -1.08. The fourth-order valence-electron chi connectivity index (χ4n) is 2.68. The molecular formula is C16H20F2O2. The minimum Gasteiger partial charge on any atom is -0.370 e. The number of carbonyl (C=O) groups is 1. The topological polar surface area (TPSA) is 26.3 Å². The van der Waals surface area contributed by atoms with E-state index in [4.69, 9.17) is 4.74 Å². The molecule has 3 unspecified atom stereocenters. The fraction of sp³-hybridized carbons (Fsp3) is 0.562. The van der Waals surface area contributed by atoms with Gasteiger partial charge in [-0.1, -0.05) is 19.9 Å². The van der Waals surface area contributed by atoms with Crippen molar-refractivity contribution in [2.24, 2.45) is 11.8 Å². The molecule has 0 N–H and O–H groups in total. The molecule has 1 aromatic carbocycles. The smallest absolute Gasteiger partial charge is 0.194 e. The van der Waals surface area contributed by atoms with Gasteiger partial charge in [0.05, 0.1) is 11.7 Å². The Bertz CT molecular complexity index is 467. The van der Waals surface area contributed by atoms with E-state index in [0.29, 0.717) is 11.8 Å². The Morgan fingerprint density at radius 2 is 1.85 bits per heavy atom. The Morgan fingerprint density at radius 1 is 1.20 bits per heavy atom. The molecule has 2 rings (SSSR count). The predicted octanol–water partition coefficient (Wildman–Crippen LogP) is 3.99. The lowest BCUT2D eigenvalue weighted by Crippen LogP contribution is -2.28. The quantitative estimate of drug-likeness (QED) is 0.781. The molecule has 0 heterocycles. The van der Waals surface area contributed by atoms with Gasteiger partial charge in [0.1, 0.15) is 18.2 Å². The monoisotopic (exact) mass is 282 g/mol. The number of ketones is 1. The third-order valence-corrected chi connectivity index (χ3v) is 4.24. The number of Topliss-reactive ketones (excluding diaryl/α,β-unsaturated/α-hetero) is 1. The summed E-state index contributed by atoms with van der Waals surface area (Å²) in [5, 5.41) is 0. The highest BCUT2D eigenvalue weighted by molar-refractivity contribution is 5.97. The Balaban J connectivity index is 1.93. The van der Waals surface area contributed by atoms with Crippen LogP contribution in [-0.4, -0.2) is 18.5 Å². The Morgan fingerprint density at radius 3 is 2.45 bits per heavy atom. The SMILES string of the molecule is CC1CCC(OCC(=O)c2c(F)cccc2F)CC1C. The molecule has 0 aromatic heterocycles. The molecule has 1 fully saturated rings. The molecule has 110 valence electrons. The molecule has 1 saturated carbocycles. The summed E-state index contributed by atoms with van der Waals surface area (Å²) in [5.41, 5.74) is -0.496. The molecule has 1 aliphatic rings. The molecule has 0 radical (unpaired) electrons. The van der Waals surface area contributed by atoms with Crippen LogP contribution in [0.2, 0.25) is 0 Å². The van der Waals surface area contributed by atoms with Crippen molar-refractivity contribution in [3.05, 3.63) is 35.4 Å². The first-order chi connectivity index (χ1) is 9.49. The van der Waals surface area contributed by atoms with Crippen molar-refractivity contribution >= 4 is 5.78 Å². The average molecular weight is 282 g/mol. The zero-order valence-electron chi connectivity index (χ0n) is 11.9. The van der Waals surface area contributed by atoms with E-state index in [1.54, 1.807) is 0 Å². The van der Waals surface area contributed by atoms with E-state index < -0.39 is 23.0 Å². The molecule has 0 aliphatic heterocycles. The van der Waals surface area contributed by atoms with Crippen LogP contribution in [0.5, 0.6) is 0 Å². The van der Waals surface area contributed by atoms with Gasteiger partial charge in [0.25, 0.3) is 0 Å². The van der Waals surface area contributed by atoms with Crippen LogP contribution in [0.1, 0.15) is 43.5 Å². The van der Waals surface area contributed by atoms with Crippen molar-refractivity contribution in [1.82, 2.24) is 0 Å². The molecule has 0 amide bonds. The van der Waals surface area contributed by atoms with Crippen molar-refractivity contribution < 1.29 is 18.3 Å². The van der Waals surface area contributed by atoms with Crippen LogP contribution >= 0.6 is 0 Å². The van der Waals surface area contributed by atoms with Crippen LogP contribution in [0.3, 0.4) is 0 Å². The lowest BCUT2D eigenvalue weighted by atomic mass is 9.80. The normalized spacial score (nSPS) is 26.5. The Labute approximate surface area is 118 Å². The molecule has 3 atom stereocenters. The van der Waals surface area contributed by atoms with Crippen LogP contribution < -0.4 is 0 Å². The van der Waals surface area contributed by atoms with E-state index >= 15 is 0 Å². The summed E-state index contributed by atoms with van der Waals surface area (Å²) in [4.78, 5) is 11.9. The zero-order chi connectivity index (χ0) is 14.7. The second-order valence-corrected chi connectivity index (χ2v) is 5.72. The first-order valence-corrected chi connectivity index (χ1v) is 7.08. The molecule has 1 aliphatic carbocycles. The number of rotatable bonds is 4. The van der Waals surface area contributed by atoms with E-state index in [1.807, 2.05) is 0 Å². The van der Waals surface area contributed by atoms with E-state index in [9.17, 15) is 13.6 Å². The van der Waals surface area contributed by atoms with Crippen molar-refractivity contribution in [3.8, 4) is 0 Å². The van der Waals surface area contributed by atoms with Crippen LogP contribution in [0.25, 0.3) is 0 Å². The Kier molecular flexibility index (Phi) is 4.86. The van der Waals surface area contributed by atoms with Crippen LogP contribution in [0.4, 0.5) is 8.78 Å². The summed E-state index contributed by atoms with van der Waals surface area (Å²) >= 11 is 0. The number of benzene rings is 1. The van der Waals surface area contributed by atoms with E-state index in [-0.39, 0.29) is 12.7 Å². The predicted molar refractivity (Wildman–Crippen MR) is 72.6 cm³/mol. The number of hydrogen-bond acceptors (Lipinski definition) is 2. The average Bonchev–Trinajstić information content (AvgIpc) is 2.40. The van der Waals surface area contributed by atoms with E-state index in [1.165, 1.54) is 6.07 Å². The van der Waals surface area contributed by atoms with Gasteiger partial charge in [-0.3, -0.25) is 4.79 Å². The summed E-state index contributed by atoms with van der Waals surface area (Å²) in [6.07, 6.45) is 2.88. The van der Waals surface area contributed by atoms with Crippen molar-refractivity contribution in [2.75, 3.05) is 6.61 Å². The minimum absolute atomic E-state index is 0.0139. The van der Waals surface area contributed by atoms with E-state index in [0.717, 1.165) is 31.4 Å². The standard InChI is InChI=1S/C16H20F2O2/c1-10-6-7-12(8-11(10)2)20-9-15(19)16-13(17)4-3-5-14(16)18/h3-5,10-12H,6-9H2,1-2H3. The van der Waals surface area contributed by atoms with Crippen LogP contribution in [-0.2, 0) is 4.74 Å². The maximum Gasteiger partial charge on any atom is 0.194 e. The molecule has 4 heteroatoms. The van der Waals surface area contributed by atoms with Crippen molar-refractivity contribution in [1.29, 1.82) is 0 Å². The molecule has 1 aromatic rings. The van der Waals surface area contributed by atoms with Gasteiger partial charge >= 0.3 is 0 Å². The van der Waals surface area contributed by atoms with Crippen LogP contribution in [0, 0.1) is 23.5 Å². The molecule has 0 saturated heterocycles. The molecule has 2 nitrogen and oxygen atoms in total. The lowest BCUT2D eigenvalue weighted by Gasteiger charge is -2.31. The summed E-state index contributed by atoms with van der Waals surface area (Å²) in [6.45, 7) is 4.11. The second kappa shape index (κ2) is 6.44. The van der Waals surface area contributed by atoms with Gasteiger partial charge in [-0.05, 0) is 43.2 Å². The highest BCUT2D eigenvalue weighted by Crippen LogP contribution is 2.31. The third-order valence-electron chi connectivity index (χ3n) is 4.24. The van der Waals surface area contributed by atoms with E-state index in [2.05, 4.69) is 13.8 Å². The first kappa shape index (κ1) is 15.1. The number of hydrogen-bond donors (Lipinski definition) is 0. The molecule has 0 bridgehead atoms. The fourth-order valence-corrected chi connectivity index (χ4v) is 2.68. The maximum atomic E-state index is 13.5. The number of halogens is 2. The van der Waals surface area contributed by atoms with Gasteiger partial charge in [-0.25, -0.2) is 8.78 Å². The zero-order valence-corrected chi connectivity index (χ0v) is 11.9. The molecular weight excluding hydrogens is 262 g/mol. The van der Waals surface area contributed by atoms with Gasteiger partial charge < -0.3 is 4.74 Å². The largest absolute Gasteiger partial charge is 0.370 e. The Hall–Kier alpha value is -1.29. The lowest BCUT2D eigenvalue weighted by molar-refractivity contribution is 0.00678. The third kappa shape index (κ3) is 3.42. The molecule has 0 spiro atoms. The summed E-state index contributed by atoms with van der Waals surface area (Å²) < 4.78 is 32.5. The first-order valence-electron chi connectivity index (χ1n) is 7.08. The van der Waals surface area contributed by atoms with Crippen LogP contribution in [0.15, 0.2) is 18.2 Å². The van der Waals surface area contributed by atoms with Gasteiger partial charge in [-0.2, -0.15) is 0 Å². The molecule has 20 heavy (non-hydrogen) atoms. The summed E-state index contributed by atoms with van der Waals surface area (Å²) in [7, 11) is 0. The highest BCUT2D eigenvalue weighted by Gasteiger charge is 2.26. The van der Waals surface area contributed by atoms with Gasteiger partial charge in [0.15, 0.2) is 5.78 Å². The highest BCUT2D eigenvalue weighted by atomic mass is 19.1.